The summed E-state index contributed by atoms with van der Waals surface area (Å²) in [4.78, 5) is 9.31. The van der Waals surface area contributed by atoms with Crippen LogP contribution in [-0.2, 0) is 0 Å². The number of hydrogen-bond acceptors (Lipinski definition) is 7. The third-order valence-electron chi connectivity index (χ3n) is 3.20. The first-order chi connectivity index (χ1) is 12.1. The molecule has 0 saturated carbocycles. The van der Waals surface area contributed by atoms with Gasteiger partial charge in [0.05, 0.1) is 5.69 Å². The van der Waals surface area contributed by atoms with Gasteiger partial charge in [-0.15, -0.1) is 0 Å². The minimum Gasteiger partial charge on any atom is -0.439 e. The summed E-state index contributed by atoms with van der Waals surface area (Å²) in [6.07, 6.45) is 0. The standard InChI is InChI=1S/C17H15ClN4O2S/c1-11-5-2-3-8-14(11)24-16-10-15(18)19-17(20-16)22-25-13-7-4-6-12(9-13)21-23/h2-10,21,23H,1H3,(H,19,20,22). The summed E-state index contributed by atoms with van der Waals surface area (Å²) in [6, 6.07) is 16.4. The van der Waals surface area contributed by atoms with Crippen molar-refractivity contribution in [2.45, 2.75) is 11.8 Å². The number of para-hydroxylation sites is 1. The maximum atomic E-state index is 8.94. The molecule has 0 amide bonds. The van der Waals surface area contributed by atoms with Gasteiger partial charge in [-0.25, -0.2) is 4.98 Å². The highest BCUT2D eigenvalue weighted by Crippen LogP contribution is 2.27. The fourth-order valence-electron chi connectivity index (χ4n) is 2.01. The van der Waals surface area contributed by atoms with Gasteiger partial charge in [-0.3, -0.25) is 15.4 Å². The van der Waals surface area contributed by atoms with Crippen LogP contribution < -0.4 is 14.9 Å². The van der Waals surface area contributed by atoms with Crippen LogP contribution in [0.2, 0.25) is 5.15 Å². The van der Waals surface area contributed by atoms with E-state index in [1.54, 1.807) is 18.2 Å². The molecule has 1 heterocycles. The van der Waals surface area contributed by atoms with Crippen molar-refractivity contribution in [3.05, 3.63) is 65.3 Å². The Morgan fingerprint density at radius 3 is 2.72 bits per heavy atom. The molecule has 0 unspecified atom stereocenters. The van der Waals surface area contributed by atoms with Crippen molar-refractivity contribution in [3.8, 4) is 11.6 Å². The molecular weight excluding hydrogens is 360 g/mol. The van der Waals surface area contributed by atoms with Crippen molar-refractivity contribution in [3.63, 3.8) is 0 Å². The number of anilines is 2. The third kappa shape index (κ3) is 4.76. The average Bonchev–Trinajstić information content (AvgIpc) is 2.62. The number of rotatable bonds is 6. The van der Waals surface area contributed by atoms with Crippen LogP contribution in [0.5, 0.6) is 11.6 Å². The van der Waals surface area contributed by atoms with Gasteiger partial charge in [0.1, 0.15) is 10.9 Å². The molecule has 2 aromatic carbocycles. The number of halogens is 1. The summed E-state index contributed by atoms with van der Waals surface area (Å²) in [7, 11) is 0. The van der Waals surface area contributed by atoms with E-state index in [1.165, 1.54) is 11.9 Å². The molecule has 8 heteroatoms. The smallest absolute Gasteiger partial charge is 0.237 e. The van der Waals surface area contributed by atoms with Crippen LogP contribution in [0.25, 0.3) is 0 Å². The predicted molar refractivity (Wildman–Crippen MR) is 99.6 cm³/mol. The van der Waals surface area contributed by atoms with Gasteiger partial charge >= 0.3 is 0 Å². The van der Waals surface area contributed by atoms with Crippen molar-refractivity contribution in [2.24, 2.45) is 0 Å². The molecule has 3 aromatic rings. The zero-order chi connectivity index (χ0) is 17.6. The van der Waals surface area contributed by atoms with E-state index in [0.29, 0.717) is 23.3 Å². The molecule has 6 nitrogen and oxygen atoms in total. The van der Waals surface area contributed by atoms with Gasteiger partial charge in [-0.05, 0) is 48.7 Å². The Morgan fingerprint density at radius 2 is 1.92 bits per heavy atom. The summed E-state index contributed by atoms with van der Waals surface area (Å²) in [5.74, 6) is 1.38. The molecule has 25 heavy (non-hydrogen) atoms. The highest BCUT2D eigenvalue weighted by molar-refractivity contribution is 8.00. The van der Waals surface area contributed by atoms with E-state index in [9.17, 15) is 0 Å². The van der Waals surface area contributed by atoms with Crippen LogP contribution >= 0.6 is 23.5 Å². The molecule has 0 bridgehead atoms. The van der Waals surface area contributed by atoms with Crippen LogP contribution in [0, 0.1) is 6.92 Å². The van der Waals surface area contributed by atoms with Gasteiger partial charge in [0, 0.05) is 11.0 Å². The lowest BCUT2D eigenvalue weighted by Gasteiger charge is -2.10. The summed E-state index contributed by atoms with van der Waals surface area (Å²) in [6.45, 7) is 1.95. The normalized spacial score (nSPS) is 10.4. The van der Waals surface area contributed by atoms with Crippen LogP contribution in [0.4, 0.5) is 11.6 Å². The van der Waals surface area contributed by atoms with Gasteiger partial charge in [0.15, 0.2) is 0 Å². The van der Waals surface area contributed by atoms with Crippen LogP contribution in [0.1, 0.15) is 5.56 Å². The Hall–Kier alpha value is -2.48. The first-order valence-electron chi connectivity index (χ1n) is 7.35. The fraction of sp³-hybridized carbons (Fsp3) is 0.0588. The molecule has 0 aliphatic rings. The summed E-state index contributed by atoms with van der Waals surface area (Å²) >= 11 is 7.35. The third-order valence-corrected chi connectivity index (χ3v) is 4.17. The average molecular weight is 375 g/mol. The lowest BCUT2D eigenvalue weighted by molar-refractivity contribution is 0.389. The van der Waals surface area contributed by atoms with Crippen molar-refractivity contribution in [1.29, 1.82) is 0 Å². The van der Waals surface area contributed by atoms with Gasteiger partial charge in [-0.1, -0.05) is 35.9 Å². The lowest BCUT2D eigenvalue weighted by Crippen LogP contribution is -1.98. The number of nitrogens with one attached hydrogen (secondary N) is 2. The minimum absolute atomic E-state index is 0.271. The van der Waals surface area contributed by atoms with Crippen LogP contribution in [0.3, 0.4) is 0 Å². The van der Waals surface area contributed by atoms with E-state index in [4.69, 9.17) is 21.5 Å². The van der Waals surface area contributed by atoms with E-state index in [1.807, 2.05) is 43.3 Å². The van der Waals surface area contributed by atoms with Crippen LogP contribution in [0.15, 0.2) is 59.5 Å². The quantitative estimate of drug-likeness (QED) is 0.312. The molecule has 0 saturated heterocycles. The van der Waals surface area contributed by atoms with Crippen molar-refractivity contribution in [2.75, 3.05) is 10.2 Å². The highest BCUT2D eigenvalue weighted by atomic mass is 35.5. The molecule has 3 N–H and O–H groups in total. The molecule has 0 radical (unpaired) electrons. The summed E-state index contributed by atoms with van der Waals surface area (Å²) in [5.41, 5.74) is 3.68. The first-order valence-corrected chi connectivity index (χ1v) is 8.54. The monoisotopic (exact) mass is 374 g/mol. The van der Waals surface area contributed by atoms with Crippen molar-refractivity contribution < 1.29 is 9.94 Å². The summed E-state index contributed by atoms with van der Waals surface area (Å²) in [5, 5.41) is 9.22. The Kier molecular flexibility index (Phi) is 5.60. The number of nitrogens with zero attached hydrogens (tertiary/aromatic N) is 2. The molecule has 0 aliphatic heterocycles. The van der Waals surface area contributed by atoms with Gasteiger partial charge < -0.3 is 4.74 Å². The number of aromatic nitrogens is 2. The summed E-state index contributed by atoms with van der Waals surface area (Å²) < 4.78 is 8.81. The van der Waals surface area contributed by atoms with Crippen molar-refractivity contribution in [1.82, 2.24) is 9.97 Å². The van der Waals surface area contributed by atoms with E-state index in [0.717, 1.165) is 10.5 Å². The Bertz CT molecular complexity index is 879. The largest absolute Gasteiger partial charge is 0.439 e. The minimum atomic E-state index is 0.271. The molecule has 0 aliphatic carbocycles. The maximum Gasteiger partial charge on any atom is 0.237 e. The predicted octanol–water partition coefficient (Wildman–Crippen LogP) is 5.15. The second-order valence-electron chi connectivity index (χ2n) is 5.06. The second kappa shape index (κ2) is 8.06. The Morgan fingerprint density at radius 1 is 1.08 bits per heavy atom. The van der Waals surface area contributed by atoms with Gasteiger partial charge in [-0.2, -0.15) is 4.98 Å². The molecule has 0 spiro atoms. The molecule has 128 valence electrons. The van der Waals surface area contributed by atoms with E-state index in [-0.39, 0.29) is 5.15 Å². The Balaban J connectivity index is 1.74. The van der Waals surface area contributed by atoms with Gasteiger partial charge in [0.2, 0.25) is 11.8 Å². The van der Waals surface area contributed by atoms with Crippen LogP contribution in [-0.4, -0.2) is 15.2 Å². The number of ether oxygens (including phenoxy) is 1. The molecule has 1 aromatic heterocycles. The highest BCUT2D eigenvalue weighted by Gasteiger charge is 2.07. The topological polar surface area (TPSA) is 79.3 Å². The van der Waals surface area contributed by atoms with E-state index in [2.05, 4.69) is 20.2 Å². The number of benzene rings is 2. The zero-order valence-electron chi connectivity index (χ0n) is 13.2. The van der Waals surface area contributed by atoms with E-state index >= 15 is 0 Å². The lowest BCUT2D eigenvalue weighted by atomic mass is 10.2. The second-order valence-corrected chi connectivity index (χ2v) is 6.33. The number of aryl methyl sites for hydroxylation is 1. The molecular formula is C17H15ClN4O2S. The fourth-order valence-corrected chi connectivity index (χ4v) is 2.82. The Labute approximate surface area is 154 Å². The molecule has 0 atom stereocenters. The maximum absolute atomic E-state index is 8.94. The first kappa shape index (κ1) is 17.3. The molecule has 3 rings (SSSR count). The number of hydrogen-bond donors (Lipinski definition) is 3. The van der Waals surface area contributed by atoms with E-state index < -0.39 is 0 Å². The SMILES string of the molecule is Cc1ccccc1Oc1cc(Cl)nc(NSc2cccc(NO)c2)n1. The van der Waals surface area contributed by atoms with Crippen molar-refractivity contribution >= 4 is 35.2 Å². The van der Waals surface area contributed by atoms with Gasteiger partial charge in [0.25, 0.3) is 0 Å². The molecule has 0 fully saturated rings. The zero-order valence-corrected chi connectivity index (χ0v) is 14.8.